The molecular formula is C61H89N7O25P3S4+. The number of nitrogens with zero attached hydrogens (tertiary/aromatic N) is 1. The Kier molecular flexibility index (Phi) is 35.3. The summed E-state index contributed by atoms with van der Waals surface area (Å²) in [6.45, 7) is 17.6. The maximum Gasteiger partial charge on any atom is 0.490 e. The highest BCUT2D eigenvalue weighted by molar-refractivity contribution is 8.77. The Morgan fingerprint density at radius 3 is 2.26 bits per heavy atom. The molecule has 0 spiro atoms. The summed E-state index contributed by atoms with van der Waals surface area (Å²) in [5.41, 5.74) is 3.81. The Morgan fingerprint density at radius 2 is 1.60 bits per heavy atom. The van der Waals surface area contributed by atoms with Gasteiger partial charge in [0, 0.05) is 105 Å². The molecule has 556 valence electrons. The zero-order chi connectivity index (χ0) is 73.8. The van der Waals surface area contributed by atoms with Gasteiger partial charge in [0.1, 0.15) is 41.7 Å². The van der Waals surface area contributed by atoms with Gasteiger partial charge < -0.3 is 83.5 Å². The number of aromatic nitrogens is 2. The van der Waals surface area contributed by atoms with Crippen LogP contribution >= 0.6 is 45.1 Å². The number of ether oxygens (including phenoxy) is 7. The van der Waals surface area contributed by atoms with Crippen LogP contribution < -0.4 is 42.9 Å². The standard InChI is InChI=1S/C35H42N4O7.C26H44N3O18P3S4.H2/c1-6-36-29-19-31-27(16-21(29)3)33(28-17-22(4)30(37-7-2)20-32(28)46-31)26-18-24(8-9-25(26)35(42)43)34(41)39-11-13-45-15-14-44-12-10-38-23(5)40;1-26(2,9-13-40-3)53-52-17-41-11-5-6-12-42-25(32)27-10-7-8-19-15-29(24(31)28-23(19)30)22-14-20(43-18-54(4)51)21(45-22)16-44-49(36,37)47-50(38,39)46-48(33,34)35;/h8-9,16-20,36H,6-7,10-15H2,1-5H3,(H,38,40)(H,39,41)(H,42,43);15,20-22H,5-6,9-14,16-18H2,1-4H3,(H,27,32)(H,36,37)(H,38,39)(H,28,30,31)(H2,33,34,35);1H/p+1/t;20-,21+,22+,54?;/m.0./s1. The zero-order valence-corrected chi connectivity index (χ0v) is 62.6. The first kappa shape index (κ1) is 84.9. The van der Waals surface area contributed by atoms with E-state index in [-0.39, 0.29) is 67.8 Å². The number of aryl methyl sites for hydroxylation is 2. The number of hydrogen-bond donors (Lipinski definition) is 11. The molecule has 100 heavy (non-hydrogen) atoms. The predicted octanol–water partition coefficient (Wildman–Crippen LogP) is 5.35. The van der Waals surface area contributed by atoms with E-state index in [0.29, 0.717) is 86.4 Å². The Labute approximate surface area is 593 Å². The van der Waals surface area contributed by atoms with Gasteiger partial charge in [-0.3, -0.25) is 28.5 Å². The van der Waals surface area contributed by atoms with Gasteiger partial charge in [-0.15, -0.1) is 0 Å². The smallest absolute Gasteiger partial charge is 0.478 e. The van der Waals surface area contributed by atoms with Crippen LogP contribution in [0.1, 0.15) is 105 Å². The van der Waals surface area contributed by atoms with Gasteiger partial charge in [-0.25, -0.2) is 33.1 Å². The summed E-state index contributed by atoms with van der Waals surface area (Å²) in [4.78, 5) is 116. The summed E-state index contributed by atoms with van der Waals surface area (Å²) in [5.74, 6) is 4.72. The summed E-state index contributed by atoms with van der Waals surface area (Å²) in [7, 11) is -12.5. The second-order valence-corrected chi connectivity index (χ2v) is 32.9. The number of carboxylic acids is 1. The molecule has 3 aromatic rings. The molecule has 1 saturated heterocycles. The van der Waals surface area contributed by atoms with Crippen LogP contribution in [0.25, 0.3) is 33.4 Å². The monoisotopic (exact) mass is 1540 g/mol. The molecule has 0 saturated carbocycles. The lowest BCUT2D eigenvalue weighted by Gasteiger charge is -2.22. The normalized spacial score (nSPS) is 16.3. The first-order valence-corrected chi connectivity index (χ1v) is 40.7. The number of anilines is 1. The number of rotatable bonds is 39. The van der Waals surface area contributed by atoms with Gasteiger partial charge >= 0.3 is 41.2 Å². The van der Waals surface area contributed by atoms with E-state index in [4.69, 9.17) is 58.6 Å². The third kappa shape index (κ3) is 29.2. The van der Waals surface area contributed by atoms with Gasteiger partial charge in [-0.2, -0.15) is 8.62 Å². The predicted molar refractivity (Wildman–Crippen MR) is 380 cm³/mol. The van der Waals surface area contributed by atoms with Crippen LogP contribution in [0.3, 0.4) is 0 Å². The lowest BCUT2D eigenvalue weighted by Crippen LogP contribution is -2.76. The Morgan fingerprint density at radius 1 is 0.890 bits per heavy atom. The average Bonchev–Trinajstić information content (AvgIpc) is 1.15. The van der Waals surface area contributed by atoms with E-state index in [0.717, 1.165) is 63.4 Å². The number of phosphoric acid groups is 3. The van der Waals surface area contributed by atoms with E-state index in [2.05, 4.69) is 70.1 Å². The lowest BCUT2D eigenvalue weighted by atomic mass is 9.88. The SMILES string of the molecule is CCNc1cc2oc3cc(=[NH+]CC)c(C)cc-3c(-c3cc(C(=O)NCCOCCOCCNC(C)=O)ccc3C(=O)O)c2cc1C.COCCC(C)(C)SSCOCCCCOC(=O)NCC#Cc1cn([C@H]2C[C@H](OCS(C)=S)[C@@H](COP(=O)(O)OP(=O)(O)OP(=O)(O)O)O2)c(=O)[nH]c1=O.[HH]. The third-order valence-electron chi connectivity index (χ3n) is 14.0. The number of amides is 3. The van der Waals surface area contributed by atoms with Crippen molar-refractivity contribution < 1.29 is 115 Å². The number of carboxylic acid groups (broad SMARTS) is 1. The number of fused-ring (bicyclic) bond motifs is 2. The molecule has 2 aromatic carbocycles. The summed E-state index contributed by atoms with van der Waals surface area (Å²) < 4.78 is 92.6. The van der Waals surface area contributed by atoms with Gasteiger partial charge in [0.05, 0.1) is 69.9 Å². The number of hydrogen-bond acceptors (Lipinski definition) is 24. The second-order valence-electron chi connectivity index (χ2n) is 22.5. The quantitative estimate of drug-likeness (QED) is 0.00590. The number of nitrogens with one attached hydrogen (secondary N) is 6. The molecule has 0 radical (unpaired) electrons. The number of alkyl carbamates (subject to hydrolysis) is 1. The topological polar surface area (TPSA) is 443 Å². The van der Waals surface area contributed by atoms with Crippen LogP contribution in [0.15, 0.2) is 62.7 Å². The van der Waals surface area contributed by atoms with Crippen LogP contribution in [0.2, 0.25) is 0 Å². The maximum atomic E-state index is 13.2. The minimum absolute atomic E-state index is 0. The number of carbonyl (C=O) groups is 4. The molecule has 3 unspecified atom stereocenters. The van der Waals surface area contributed by atoms with Crippen molar-refractivity contribution in [3.05, 3.63) is 103 Å². The molecule has 32 nitrogen and oxygen atoms in total. The van der Waals surface area contributed by atoms with Crippen LogP contribution in [0.4, 0.5) is 10.5 Å². The molecule has 3 heterocycles. The van der Waals surface area contributed by atoms with Crippen molar-refractivity contribution >= 4 is 106 Å². The largest absolute Gasteiger partial charge is 0.490 e. The van der Waals surface area contributed by atoms with E-state index < -0.39 is 81.3 Å². The molecule has 6 rings (SSSR count). The zero-order valence-electron chi connectivity index (χ0n) is 56.6. The summed E-state index contributed by atoms with van der Waals surface area (Å²) in [6, 6.07) is 12.5. The molecule has 0 bridgehead atoms. The van der Waals surface area contributed by atoms with Gasteiger partial charge in [-0.1, -0.05) is 42.9 Å². The van der Waals surface area contributed by atoms with Gasteiger partial charge in [0.2, 0.25) is 11.3 Å². The molecule has 3 aliphatic rings. The Bertz CT molecular complexity index is 4020. The number of benzene rings is 3. The second kappa shape index (κ2) is 41.5. The third-order valence-corrected chi connectivity index (χ3v) is 21.6. The van der Waals surface area contributed by atoms with Gasteiger partial charge in [-0.05, 0) is 120 Å². The minimum Gasteiger partial charge on any atom is -0.478 e. The van der Waals surface area contributed by atoms with Gasteiger partial charge in [0.15, 0.2) is 0 Å². The molecule has 11 N–H and O–H groups in total. The molecule has 2 aliphatic heterocycles. The highest BCUT2D eigenvalue weighted by atomic mass is 33.1. The number of aromatic carboxylic acids is 1. The van der Waals surface area contributed by atoms with Crippen molar-refractivity contribution in [2.45, 2.75) is 97.3 Å². The molecule has 1 fully saturated rings. The fourth-order valence-electron chi connectivity index (χ4n) is 9.37. The number of carbonyl (C=O) groups excluding carboxylic acids is 3. The first-order valence-electron chi connectivity index (χ1n) is 31.1. The van der Waals surface area contributed by atoms with Crippen LogP contribution in [-0.4, -0.2) is 186 Å². The van der Waals surface area contributed by atoms with E-state index in [1.165, 1.54) is 19.1 Å². The Balaban J connectivity index is 0.000000429. The minimum atomic E-state index is -5.77. The molecule has 3 amide bonds. The van der Waals surface area contributed by atoms with Crippen LogP contribution in [-0.2, 0) is 85.4 Å². The highest BCUT2D eigenvalue weighted by Crippen LogP contribution is 2.66. The number of unbranched alkanes of at least 4 members (excludes halogenated alkanes) is 1. The number of methoxy groups -OCH3 is 1. The van der Waals surface area contributed by atoms with E-state index in [1.54, 1.807) is 41.0 Å². The summed E-state index contributed by atoms with van der Waals surface area (Å²) >= 11 is 5.12. The van der Waals surface area contributed by atoms with Crippen molar-refractivity contribution in [2.24, 2.45) is 0 Å². The first-order chi connectivity index (χ1) is 47.3. The van der Waals surface area contributed by atoms with Crippen LogP contribution in [0, 0.1) is 25.7 Å². The van der Waals surface area contributed by atoms with Crippen molar-refractivity contribution in [1.82, 2.24) is 25.5 Å². The number of phosphoric ester groups is 1. The van der Waals surface area contributed by atoms with E-state index in [9.17, 15) is 57.4 Å². The number of aromatic amines is 1. The summed E-state index contributed by atoms with van der Waals surface area (Å²) in [6.07, 6.45) is 0.819. The number of H-pyrrole nitrogens is 1. The molecule has 39 heteroatoms. The average molecular weight is 1540 g/mol. The van der Waals surface area contributed by atoms with Crippen molar-refractivity contribution in [2.75, 3.05) is 116 Å². The highest BCUT2D eigenvalue weighted by Gasteiger charge is 2.44. The van der Waals surface area contributed by atoms with Gasteiger partial charge in [0.25, 0.3) is 11.5 Å². The van der Waals surface area contributed by atoms with Crippen LogP contribution in [0.5, 0.6) is 0 Å². The fourth-order valence-corrected chi connectivity index (χ4v) is 15.2. The Hall–Kier alpha value is -5.71. The molecule has 1 aromatic heterocycles. The van der Waals surface area contributed by atoms with Crippen molar-refractivity contribution in [1.29, 1.82) is 0 Å². The van der Waals surface area contributed by atoms with Crippen molar-refractivity contribution in [3.63, 3.8) is 0 Å². The van der Waals surface area contributed by atoms with E-state index in [1.807, 2.05) is 52.0 Å². The summed E-state index contributed by atoms with van der Waals surface area (Å²) in [5, 5.41) is 23.2. The molecular weight excluding hydrogens is 1450 g/mol. The fraction of sp³-hybridized carbons (Fsp3) is 0.525. The van der Waals surface area contributed by atoms with Crippen molar-refractivity contribution in [3.8, 4) is 34.3 Å². The maximum absolute atomic E-state index is 13.2. The molecule has 6 atom stereocenters. The lowest BCUT2D eigenvalue weighted by molar-refractivity contribution is -0.496. The van der Waals surface area contributed by atoms with E-state index >= 15 is 0 Å². The molecule has 1 aliphatic carbocycles.